The SMILES string of the molecule is O=C(Nc1cccc(Cl)c1)c1cc2sccc2n1Cc1cccc(F)c1. The van der Waals surface area contributed by atoms with E-state index in [1.165, 1.54) is 12.1 Å². The van der Waals surface area contributed by atoms with Crippen molar-refractivity contribution in [3.05, 3.63) is 88.1 Å². The van der Waals surface area contributed by atoms with E-state index in [2.05, 4.69) is 5.32 Å². The predicted molar refractivity (Wildman–Crippen MR) is 105 cm³/mol. The first-order valence-corrected chi connectivity index (χ1v) is 9.24. The van der Waals surface area contributed by atoms with Crippen LogP contribution in [-0.4, -0.2) is 10.5 Å². The van der Waals surface area contributed by atoms with Crippen molar-refractivity contribution in [3.63, 3.8) is 0 Å². The van der Waals surface area contributed by atoms with Crippen LogP contribution in [0.1, 0.15) is 16.1 Å². The molecule has 0 spiro atoms. The first kappa shape index (κ1) is 16.8. The number of rotatable bonds is 4. The van der Waals surface area contributed by atoms with Gasteiger partial charge in [0.25, 0.3) is 5.91 Å². The fourth-order valence-electron chi connectivity index (χ4n) is 2.91. The number of hydrogen-bond donors (Lipinski definition) is 1. The minimum atomic E-state index is -0.291. The molecule has 0 saturated carbocycles. The second-order valence-corrected chi connectivity index (χ2v) is 7.26. The summed E-state index contributed by atoms with van der Waals surface area (Å²) in [6.45, 7) is 0.413. The minimum absolute atomic E-state index is 0.230. The van der Waals surface area contributed by atoms with E-state index in [0.717, 1.165) is 15.8 Å². The lowest BCUT2D eigenvalue weighted by atomic mass is 10.2. The third kappa shape index (κ3) is 3.36. The Bertz CT molecular complexity index is 1100. The molecule has 0 aliphatic heterocycles. The number of halogens is 2. The number of aromatic nitrogens is 1. The number of hydrogen-bond acceptors (Lipinski definition) is 2. The lowest BCUT2D eigenvalue weighted by Crippen LogP contribution is -2.17. The van der Waals surface area contributed by atoms with Crippen molar-refractivity contribution < 1.29 is 9.18 Å². The third-order valence-electron chi connectivity index (χ3n) is 4.07. The lowest BCUT2D eigenvalue weighted by molar-refractivity contribution is 0.101. The van der Waals surface area contributed by atoms with E-state index in [1.807, 2.05) is 28.1 Å². The molecule has 0 aliphatic rings. The van der Waals surface area contributed by atoms with Crippen LogP contribution in [0.4, 0.5) is 10.1 Å². The quantitative estimate of drug-likeness (QED) is 0.474. The highest BCUT2D eigenvalue weighted by Gasteiger charge is 2.17. The van der Waals surface area contributed by atoms with Gasteiger partial charge in [-0.15, -0.1) is 11.3 Å². The highest BCUT2D eigenvalue weighted by atomic mass is 35.5. The summed E-state index contributed by atoms with van der Waals surface area (Å²) < 4.78 is 16.5. The average Bonchev–Trinajstić information content (AvgIpc) is 3.18. The Labute approximate surface area is 158 Å². The van der Waals surface area contributed by atoms with E-state index in [9.17, 15) is 9.18 Å². The van der Waals surface area contributed by atoms with Gasteiger partial charge in [0, 0.05) is 17.3 Å². The van der Waals surface area contributed by atoms with Gasteiger partial charge in [-0.05, 0) is 53.4 Å². The van der Waals surface area contributed by atoms with Gasteiger partial charge in [-0.3, -0.25) is 4.79 Å². The largest absolute Gasteiger partial charge is 0.331 e. The molecule has 0 unspecified atom stereocenters. The smallest absolute Gasteiger partial charge is 0.272 e. The van der Waals surface area contributed by atoms with Crippen molar-refractivity contribution in [1.82, 2.24) is 4.57 Å². The molecule has 0 fully saturated rings. The molecule has 2 aromatic carbocycles. The molecule has 2 aromatic heterocycles. The van der Waals surface area contributed by atoms with Gasteiger partial charge in [-0.1, -0.05) is 29.8 Å². The summed E-state index contributed by atoms with van der Waals surface area (Å²) in [6.07, 6.45) is 0. The third-order valence-corrected chi connectivity index (χ3v) is 5.16. The number of nitrogens with zero attached hydrogens (tertiary/aromatic N) is 1. The Balaban J connectivity index is 1.70. The molecule has 0 radical (unpaired) electrons. The molecule has 0 aliphatic carbocycles. The number of anilines is 1. The maximum absolute atomic E-state index is 13.5. The number of carbonyl (C=O) groups excluding carboxylic acids is 1. The highest BCUT2D eigenvalue weighted by molar-refractivity contribution is 7.17. The van der Waals surface area contributed by atoms with Gasteiger partial charge in [0.1, 0.15) is 11.5 Å². The van der Waals surface area contributed by atoms with Gasteiger partial charge >= 0.3 is 0 Å². The summed E-state index contributed by atoms with van der Waals surface area (Å²) >= 11 is 7.55. The minimum Gasteiger partial charge on any atom is -0.331 e. The Morgan fingerprint density at radius 1 is 1.12 bits per heavy atom. The van der Waals surface area contributed by atoms with Crippen molar-refractivity contribution in [2.75, 3.05) is 5.32 Å². The van der Waals surface area contributed by atoms with Crippen molar-refractivity contribution >= 4 is 44.7 Å². The summed E-state index contributed by atoms with van der Waals surface area (Å²) in [5, 5.41) is 5.41. The monoisotopic (exact) mass is 384 g/mol. The highest BCUT2D eigenvalue weighted by Crippen LogP contribution is 2.27. The van der Waals surface area contributed by atoms with Gasteiger partial charge in [0.05, 0.1) is 10.2 Å². The van der Waals surface area contributed by atoms with Crippen LogP contribution in [0, 0.1) is 5.82 Å². The van der Waals surface area contributed by atoms with E-state index in [1.54, 1.807) is 41.7 Å². The van der Waals surface area contributed by atoms with Gasteiger partial charge in [-0.2, -0.15) is 0 Å². The number of amides is 1. The molecule has 26 heavy (non-hydrogen) atoms. The Hall–Kier alpha value is -2.63. The van der Waals surface area contributed by atoms with Gasteiger partial charge in [-0.25, -0.2) is 4.39 Å². The molecule has 4 rings (SSSR count). The summed E-state index contributed by atoms with van der Waals surface area (Å²) in [5.74, 6) is -0.520. The standard InChI is InChI=1S/C20H14ClFN2OS/c21-14-4-2-6-16(10-14)23-20(25)18-11-19-17(7-8-26-19)24(18)12-13-3-1-5-15(22)9-13/h1-11H,12H2,(H,23,25). The zero-order valence-electron chi connectivity index (χ0n) is 13.6. The van der Waals surface area contributed by atoms with E-state index >= 15 is 0 Å². The number of benzene rings is 2. The van der Waals surface area contributed by atoms with E-state index in [0.29, 0.717) is 22.9 Å². The molecule has 4 aromatic rings. The van der Waals surface area contributed by atoms with Crippen molar-refractivity contribution in [1.29, 1.82) is 0 Å². The van der Waals surface area contributed by atoms with E-state index < -0.39 is 0 Å². The average molecular weight is 385 g/mol. The van der Waals surface area contributed by atoms with Crippen LogP contribution in [-0.2, 0) is 6.54 Å². The van der Waals surface area contributed by atoms with Crippen LogP contribution >= 0.6 is 22.9 Å². The summed E-state index contributed by atoms with van der Waals surface area (Å²) in [4.78, 5) is 12.8. The summed E-state index contributed by atoms with van der Waals surface area (Å²) in [7, 11) is 0. The fourth-order valence-corrected chi connectivity index (χ4v) is 3.93. The van der Waals surface area contributed by atoms with Crippen LogP contribution in [0.2, 0.25) is 5.02 Å². The molecule has 0 saturated heterocycles. The predicted octanol–water partition coefficient (Wildman–Crippen LogP) is 5.80. The zero-order valence-corrected chi connectivity index (χ0v) is 15.2. The molecule has 1 amide bonds. The van der Waals surface area contributed by atoms with Crippen LogP contribution in [0.5, 0.6) is 0 Å². The molecule has 2 heterocycles. The topological polar surface area (TPSA) is 34.0 Å². The van der Waals surface area contributed by atoms with Crippen molar-refractivity contribution in [2.45, 2.75) is 6.54 Å². The fraction of sp³-hybridized carbons (Fsp3) is 0.0500. The van der Waals surface area contributed by atoms with Crippen LogP contribution < -0.4 is 5.32 Å². The molecule has 3 nitrogen and oxygen atoms in total. The number of nitrogens with one attached hydrogen (secondary N) is 1. The van der Waals surface area contributed by atoms with E-state index in [-0.39, 0.29) is 11.7 Å². The normalized spacial score (nSPS) is 11.0. The molecular formula is C20H14ClFN2OS. The maximum atomic E-state index is 13.5. The Morgan fingerprint density at radius 3 is 2.77 bits per heavy atom. The second-order valence-electron chi connectivity index (χ2n) is 5.88. The molecule has 130 valence electrons. The van der Waals surface area contributed by atoms with Crippen LogP contribution in [0.25, 0.3) is 10.2 Å². The molecule has 0 atom stereocenters. The second kappa shape index (κ2) is 6.94. The maximum Gasteiger partial charge on any atom is 0.272 e. The van der Waals surface area contributed by atoms with Crippen molar-refractivity contribution in [3.8, 4) is 0 Å². The summed E-state index contributed by atoms with van der Waals surface area (Å²) in [6, 6.07) is 17.2. The van der Waals surface area contributed by atoms with Crippen LogP contribution in [0.15, 0.2) is 66.0 Å². The number of fused-ring (bicyclic) bond motifs is 1. The zero-order chi connectivity index (χ0) is 18.1. The van der Waals surface area contributed by atoms with Gasteiger partial charge in [0.15, 0.2) is 0 Å². The molecule has 0 bridgehead atoms. The first-order chi connectivity index (χ1) is 12.6. The van der Waals surface area contributed by atoms with Gasteiger partial charge < -0.3 is 9.88 Å². The molecule has 6 heteroatoms. The number of carbonyl (C=O) groups is 1. The summed E-state index contributed by atoms with van der Waals surface area (Å²) in [5.41, 5.74) is 2.90. The van der Waals surface area contributed by atoms with Gasteiger partial charge in [0.2, 0.25) is 0 Å². The number of thiophene rings is 1. The van der Waals surface area contributed by atoms with E-state index in [4.69, 9.17) is 11.6 Å². The van der Waals surface area contributed by atoms with Crippen LogP contribution in [0.3, 0.4) is 0 Å². The molecular weight excluding hydrogens is 371 g/mol. The first-order valence-electron chi connectivity index (χ1n) is 7.98. The lowest BCUT2D eigenvalue weighted by Gasteiger charge is -2.11. The van der Waals surface area contributed by atoms with Crippen molar-refractivity contribution in [2.24, 2.45) is 0 Å². The Morgan fingerprint density at radius 2 is 1.96 bits per heavy atom. The molecule has 1 N–H and O–H groups in total. The Kier molecular flexibility index (Phi) is 4.49.